The van der Waals surface area contributed by atoms with Gasteiger partial charge in [-0.05, 0) is 26.3 Å². The Hall–Kier alpha value is -2.74. The number of nitrogens with one attached hydrogen (secondary N) is 3. The molecule has 3 N–H and O–H groups in total. The number of amides is 1. The normalized spacial score (nSPS) is 13.4. The predicted molar refractivity (Wildman–Crippen MR) is 109 cm³/mol. The second-order valence-electron chi connectivity index (χ2n) is 6.33. The van der Waals surface area contributed by atoms with Gasteiger partial charge < -0.3 is 15.6 Å². The van der Waals surface area contributed by atoms with Crippen molar-refractivity contribution < 1.29 is 13.5 Å². The summed E-state index contributed by atoms with van der Waals surface area (Å²) in [5.41, 5.74) is 1.26. The molecule has 1 amide bonds. The van der Waals surface area contributed by atoms with Crippen LogP contribution in [-0.4, -0.2) is 37.9 Å². The molecule has 0 bridgehead atoms. The fraction of sp³-hybridized carbons (Fsp3) is 0.333. The number of anilines is 1. The molecule has 3 aromatic rings. The van der Waals surface area contributed by atoms with Crippen LogP contribution in [0.2, 0.25) is 5.02 Å². The number of carbonyl (C=O) groups excluding carboxylic acids is 1. The SMILES string of the molecule is CCC(C)NC(=O)[C@H](C)Nc1nc(-c2c[nH]c3ncc(Cl)cc23)ncc1F.[HH].[HH].[HH]. The maximum absolute atomic E-state index is 14.2. The Kier molecular flexibility index (Phi) is 5.55. The first-order valence-corrected chi connectivity index (χ1v) is 8.99. The van der Waals surface area contributed by atoms with E-state index in [1.807, 2.05) is 13.8 Å². The molecular weight excluding hydrogens is 371 g/mol. The average Bonchev–Trinajstić information content (AvgIpc) is 3.06. The molecule has 0 fully saturated rings. The minimum absolute atomic E-state index is 0. The number of hydrogen-bond donors (Lipinski definition) is 3. The molecule has 148 valence electrons. The van der Waals surface area contributed by atoms with Gasteiger partial charge in [-0.2, -0.15) is 0 Å². The summed E-state index contributed by atoms with van der Waals surface area (Å²) in [5, 5.41) is 6.85. The van der Waals surface area contributed by atoms with E-state index in [-0.39, 0.29) is 22.0 Å². The first kappa shape index (κ1) is 19.0. The molecule has 3 heterocycles. The zero-order chi connectivity index (χ0) is 19.6. The van der Waals surface area contributed by atoms with Crippen LogP contribution in [0.3, 0.4) is 0 Å². The third-order valence-corrected chi connectivity index (χ3v) is 4.44. The van der Waals surface area contributed by atoms with E-state index in [1.165, 1.54) is 6.20 Å². The van der Waals surface area contributed by atoms with Gasteiger partial charge in [-0.15, -0.1) is 0 Å². The van der Waals surface area contributed by atoms with Crippen LogP contribution in [0.1, 0.15) is 31.5 Å². The minimum Gasteiger partial charge on any atom is -0.356 e. The van der Waals surface area contributed by atoms with E-state index < -0.39 is 11.9 Å². The van der Waals surface area contributed by atoms with Crippen molar-refractivity contribution in [3.8, 4) is 11.4 Å². The third kappa shape index (κ3) is 4.16. The van der Waals surface area contributed by atoms with Gasteiger partial charge in [-0.3, -0.25) is 4.79 Å². The molecule has 3 aromatic heterocycles. The lowest BCUT2D eigenvalue weighted by molar-refractivity contribution is -0.122. The number of carbonyl (C=O) groups is 1. The lowest BCUT2D eigenvalue weighted by Crippen LogP contribution is -2.42. The molecule has 2 atom stereocenters. The molecule has 0 aliphatic carbocycles. The van der Waals surface area contributed by atoms with Crippen LogP contribution in [0.25, 0.3) is 22.4 Å². The molecule has 9 heteroatoms. The van der Waals surface area contributed by atoms with E-state index in [1.54, 1.807) is 19.2 Å². The zero-order valence-corrected chi connectivity index (χ0v) is 15.9. The van der Waals surface area contributed by atoms with Crippen LogP contribution in [0.5, 0.6) is 0 Å². The highest BCUT2D eigenvalue weighted by Crippen LogP contribution is 2.28. The summed E-state index contributed by atoms with van der Waals surface area (Å²) in [7, 11) is 0. The fourth-order valence-corrected chi connectivity index (χ4v) is 2.66. The van der Waals surface area contributed by atoms with Crippen molar-refractivity contribution in [2.24, 2.45) is 0 Å². The van der Waals surface area contributed by atoms with Crippen molar-refractivity contribution in [3.63, 3.8) is 0 Å². The lowest BCUT2D eigenvalue weighted by atomic mass is 10.2. The van der Waals surface area contributed by atoms with Crippen molar-refractivity contribution in [1.29, 1.82) is 0 Å². The number of aromatic nitrogens is 4. The quantitative estimate of drug-likeness (QED) is 0.578. The van der Waals surface area contributed by atoms with E-state index in [9.17, 15) is 9.18 Å². The van der Waals surface area contributed by atoms with Gasteiger partial charge in [0.05, 0.1) is 11.2 Å². The molecule has 3 rings (SSSR count). The van der Waals surface area contributed by atoms with Gasteiger partial charge in [0.15, 0.2) is 17.5 Å². The highest BCUT2D eigenvalue weighted by molar-refractivity contribution is 6.31. The van der Waals surface area contributed by atoms with Gasteiger partial charge in [0, 0.05) is 33.7 Å². The number of aromatic amines is 1. The van der Waals surface area contributed by atoms with Crippen LogP contribution >= 0.6 is 11.6 Å². The van der Waals surface area contributed by atoms with Gasteiger partial charge in [0.2, 0.25) is 5.91 Å². The largest absolute Gasteiger partial charge is 0.356 e. The van der Waals surface area contributed by atoms with E-state index in [2.05, 4.69) is 30.6 Å². The Balaban J connectivity index is 0.00000280. The molecule has 7 nitrogen and oxygen atoms in total. The maximum Gasteiger partial charge on any atom is 0.242 e. The van der Waals surface area contributed by atoms with Gasteiger partial charge in [0.25, 0.3) is 0 Å². The molecule has 0 saturated heterocycles. The van der Waals surface area contributed by atoms with Crippen molar-refractivity contribution in [2.75, 3.05) is 5.32 Å². The maximum atomic E-state index is 14.2. The van der Waals surface area contributed by atoms with Crippen molar-refractivity contribution in [1.82, 2.24) is 25.3 Å². The predicted octanol–water partition coefficient (Wildman–Crippen LogP) is 4.27. The Morgan fingerprint density at radius 3 is 2.89 bits per heavy atom. The average molecular weight is 397 g/mol. The standard InChI is InChI=1S/C18H20ClFN6O.3H2/c1-4-9(2)24-18(27)10(3)25-17-14(20)8-23-16(26-17)13-7-22-15-12(13)5-11(19)6-21-15;;;/h5-10H,4H2,1-3H3,(H,21,22)(H,24,27)(H,23,25,26);3*1H/t9?,10-;;;/m0.../s1. The van der Waals surface area contributed by atoms with E-state index in [0.717, 1.165) is 18.0 Å². The summed E-state index contributed by atoms with van der Waals surface area (Å²) in [6.45, 7) is 5.53. The summed E-state index contributed by atoms with van der Waals surface area (Å²) in [5.74, 6) is -0.621. The van der Waals surface area contributed by atoms with E-state index >= 15 is 0 Å². The van der Waals surface area contributed by atoms with Crippen molar-refractivity contribution in [2.45, 2.75) is 39.3 Å². The number of H-pyrrole nitrogens is 1. The Morgan fingerprint density at radius 2 is 2.15 bits per heavy atom. The van der Waals surface area contributed by atoms with Crippen molar-refractivity contribution in [3.05, 3.63) is 35.5 Å². The van der Waals surface area contributed by atoms with Gasteiger partial charge in [-0.1, -0.05) is 18.5 Å². The fourth-order valence-electron chi connectivity index (χ4n) is 2.50. The van der Waals surface area contributed by atoms with Gasteiger partial charge >= 0.3 is 0 Å². The molecule has 0 radical (unpaired) electrons. The Bertz CT molecular complexity index is 990. The molecule has 0 saturated carbocycles. The van der Waals surface area contributed by atoms with Crippen LogP contribution in [0.4, 0.5) is 10.2 Å². The molecular formula is C18H26ClFN6O. The van der Waals surface area contributed by atoms with E-state index in [0.29, 0.717) is 22.1 Å². The smallest absolute Gasteiger partial charge is 0.242 e. The highest BCUT2D eigenvalue weighted by atomic mass is 35.5. The zero-order valence-electron chi connectivity index (χ0n) is 15.2. The number of nitrogens with zero attached hydrogens (tertiary/aromatic N) is 3. The lowest BCUT2D eigenvalue weighted by Gasteiger charge is -2.18. The summed E-state index contributed by atoms with van der Waals surface area (Å²) >= 11 is 6.01. The molecule has 0 aliphatic heterocycles. The first-order valence-electron chi connectivity index (χ1n) is 8.61. The van der Waals surface area contributed by atoms with Crippen LogP contribution < -0.4 is 10.6 Å². The number of fused-ring (bicyclic) bond motifs is 1. The number of pyridine rings is 1. The molecule has 0 aromatic carbocycles. The Labute approximate surface area is 165 Å². The van der Waals surface area contributed by atoms with Gasteiger partial charge in [0.1, 0.15) is 11.7 Å². The summed E-state index contributed by atoms with van der Waals surface area (Å²) in [4.78, 5) is 27.7. The van der Waals surface area contributed by atoms with E-state index in [4.69, 9.17) is 11.6 Å². The summed E-state index contributed by atoms with van der Waals surface area (Å²) in [6.07, 6.45) is 5.09. The summed E-state index contributed by atoms with van der Waals surface area (Å²) < 4.78 is 14.2. The second kappa shape index (κ2) is 7.87. The topological polar surface area (TPSA) is 95.6 Å². The van der Waals surface area contributed by atoms with Gasteiger partial charge in [-0.25, -0.2) is 19.3 Å². The molecule has 0 aliphatic rings. The third-order valence-electron chi connectivity index (χ3n) is 4.23. The van der Waals surface area contributed by atoms with Crippen LogP contribution in [0.15, 0.2) is 24.7 Å². The number of halogens is 2. The van der Waals surface area contributed by atoms with Crippen molar-refractivity contribution >= 4 is 34.4 Å². The Morgan fingerprint density at radius 1 is 1.37 bits per heavy atom. The van der Waals surface area contributed by atoms with Crippen LogP contribution in [-0.2, 0) is 4.79 Å². The minimum atomic E-state index is -0.657. The number of rotatable bonds is 6. The summed E-state index contributed by atoms with van der Waals surface area (Å²) in [6, 6.07) is 1.11. The molecule has 27 heavy (non-hydrogen) atoms. The highest BCUT2D eigenvalue weighted by Gasteiger charge is 2.19. The molecule has 1 unspecified atom stereocenters. The first-order chi connectivity index (χ1) is 12.9. The molecule has 0 spiro atoms. The van der Waals surface area contributed by atoms with Crippen LogP contribution in [0, 0.1) is 5.82 Å². The monoisotopic (exact) mass is 396 g/mol. The second-order valence-corrected chi connectivity index (χ2v) is 6.76. The number of hydrogen-bond acceptors (Lipinski definition) is 5.